The van der Waals surface area contributed by atoms with Gasteiger partial charge in [0, 0.05) is 20.8 Å². The van der Waals surface area contributed by atoms with Gasteiger partial charge in [0.1, 0.15) is 6.04 Å². The number of rotatable bonds is 4. The van der Waals surface area contributed by atoms with Crippen LogP contribution in [-0.4, -0.2) is 39.1 Å². The minimum atomic E-state index is -0.962. The van der Waals surface area contributed by atoms with Crippen LogP contribution in [0.1, 0.15) is 30.1 Å². The van der Waals surface area contributed by atoms with Gasteiger partial charge in [0.15, 0.2) is 0 Å². The molecular weight excluding hydrogens is 378 g/mol. The molecule has 1 aliphatic heterocycles. The second-order valence-electron chi connectivity index (χ2n) is 4.80. The zero-order chi connectivity index (χ0) is 15.6. The Morgan fingerprint density at radius 2 is 2.19 bits per heavy atom. The first kappa shape index (κ1) is 16.6. The first-order valence-electron chi connectivity index (χ1n) is 6.57. The highest BCUT2D eigenvalue weighted by atomic mass is 79.9. The normalized spacial score (nSPS) is 21.6. The summed E-state index contributed by atoms with van der Waals surface area (Å²) in [6.07, 6.45) is 1.68. The van der Waals surface area contributed by atoms with E-state index < -0.39 is 12.0 Å². The number of hydrogen-bond donors (Lipinski definition) is 1. The van der Waals surface area contributed by atoms with E-state index in [-0.39, 0.29) is 11.3 Å². The molecule has 1 amide bonds. The summed E-state index contributed by atoms with van der Waals surface area (Å²) < 4.78 is 0.698. The number of nitrogens with zero attached hydrogens (tertiary/aromatic N) is 1. The van der Waals surface area contributed by atoms with Crippen LogP contribution in [0.4, 0.5) is 0 Å². The van der Waals surface area contributed by atoms with Crippen LogP contribution in [0.3, 0.4) is 0 Å². The average molecular weight is 393 g/mol. The second-order valence-corrected chi connectivity index (χ2v) is 7.36. The Balaban J connectivity index is 2.34. The molecule has 1 heterocycles. The standard InChI is InChI=1S/C14H15BrClNO3S/c1-2-3-12-17(11(7-21-12)14(19)20)13(18)8-4-9(15)6-10(16)5-8/h4-6,11-12H,2-3,7H2,1H3,(H,19,20). The van der Waals surface area contributed by atoms with Gasteiger partial charge in [-0.05, 0) is 24.6 Å². The van der Waals surface area contributed by atoms with Gasteiger partial charge in [-0.15, -0.1) is 11.8 Å². The van der Waals surface area contributed by atoms with E-state index >= 15 is 0 Å². The molecule has 0 saturated carbocycles. The van der Waals surface area contributed by atoms with Crippen molar-refractivity contribution in [2.24, 2.45) is 0 Å². The van der Waals surface area contributed by atoms with Gasteiger partial charge in [-0.3, -0.25) is 4.79 Å². The Hall–Kier alpha value is -0.720. The molecule has 0 aliphatic carbocycles. The lowest BCUT2D eigenvalue weighted by Gasteiger charge is -2.27. The van der Waals surface area contributed by atoms with E-state index in [4.69, 9.17) is 11.6 Å². The molecule has 1 aromatic rings. The molecule has 1 aromatic carbocycles. The molecule has 2 rings (SSSR count). The van der Waals surface area contributed by atoms with E-state index in [1.54, 1.807) is 18.2 Å². The molecule has 1 fully saturated rings. The molecular formula is C14H15BrClNO3S. The van der Waals surface area contributed by atoms with Crippen molar-refractivity contribution in [2.75, 3.05) is 5.75 Å². The van der Waals surface area contributed by atoms with Gasteiger partial charge in [-0.1, -0.05) is 40.9 Å². The van der Waals surface area contributed by atoms with Gasteiger partial charge in [0.2, 0.25) is 0 Å². The van der Waals surface area contributed by atoms with Crippen LogP contribution >= 0.6 is 39.3 Å². The van der Waals surface area contributed by atoms with E-state index in [0.29, 0.717) is 20.8 Å². The molecule has 1 saturated heterocycles. The maximum absolute atomic E-state index is 12.7. The predicted octanol–water partition coefficient (Wildman–Crippen LogP) is 3.87. The number of benzene rings is 1. The monoisotopic (exact) mass is 391 g/mol. The van der Waals surface area contributed by atoms with Crippen molar-refractivity contribution in [3.63, 3.8) is 0 Å². The number of thioether (sulfide) groups is 1. The molecule has 0 spiro atoms. The molecule has 2 atom stereocenters. The number of carboxylic acid groups (broad SMARTS) is 1. The van der Waals surface area contributed by atoms with E-state index in [1.165, 1.54) is 16.7 Å². The summed E-state index contributed by atoms with van der Waals surface area (Å²) in [6, 6.07) is 4.14. The van der Waals surface area contributed by atoms with Crippen LogP contribution in [0.2, 0.25) is 5.02 Å². The Bertz CT molecular complexity index is 549. The van der Waals surface area contributed by atoms with Crippen molar-refractivity contribution in [3.8, 4) is 0 Å². The summed E-state index contributed by atoms with van der Waals surface area (Å²) >= 11 is 10.8. The fraction of sp³-hybridized carbons (Fsp3) is 0.429. The van der Waals surface area contributed by atoms with E-state index in [2.05, 4.69) is 15.9 Å². The van der Waals surface area contributed by atoms with Gasteiger partial charge < -0.3 is 10.0 Å². The Kier molecular flexibility index (Phi) is 5.57. The number of aliphatic carboxylic acids is 1. The number of halogens is 2. The third-order valence-corrected chi connectivity index (χ3v) is 5.29. The Morgan fingerprint density at radius 3 is 2.76 bits per heavy atom. The molecule has 0 aromatic heterocycles. The third kappa shape index (κ3) is 3.73. The van der Waals surface area contributed by atoms with Gasteiger partial charge >= 0.3 is 5.97 Å². The van der Waals surface area contributed by atoms with Crippen molar-refractivity contribution in [1.82, 2.24) is 4.90 Å². The summed E-state index contributed by atoms with van der Waals surface area (Å²) in [5.74, 6) is -0.822. The van der Waals surface area contributed by atoms with E-state index in [0.717, 1.165) is 12.8 Å². The molecule has 7 heteroatoms. The van der Waals surface area contributed by atoms with Gasteiger partial charge in [0.05, 0.1) is 5.37 Å². The van der Waals surface area contributed by atoms with E-state index in [9.17, 15) is 14.7 Å². The highest BCUT2D eigenvalue weighted by Crippen LogP contribution is 2.34. The van der Waals surface area contributed by atoms with Crippen LogP contribution in [-0.2, 0) is 4.79 Å². The molecule has 114 valence electrons. The number of carboxylic acids is 1. The van der Waals surface area contributed by atoms with Crippen molar-refractivity contribution in [3.05, 3.63) is 33.3 Å². The summed E-state index contributed by atoms with van der Waals surface area (Å²) in [6.45, 7) is 2.02. The molecule has 2 unspecified atom stereocenters. The fourth-order valence-electron chi connectivity index (χ4n) is 2.32. The number of amides is 1. The summed E-state index contributed by atoms with van der Waals surface area (Å²) in [7, 11) is 0. The second kappa shape index (κ2) is 7.03. The number of hydrogen-bond acceptors (Lipinski definition) is 3. The number of carbonyl (C=O) groups excluding carboxylic acids is 1. The molecule has 21 heavy (non-hydrogen) atoms. The molecule has 0 bridgehead atoms. The first-order chi connectivity index (χ1) is 9.93. The van der Waals surface area contributed by atoms with Crippen molar-refractivity contribution in [1.29, 1.82) is 0 Å². The van der Waals surface area contributed by atoms with Gasteiger partial charge in [-0.25, -0.2) is 4.79 Å². The molecule has 0 radical (unpaired) electrons. The number of carbonyl (C=O) groups is 2. The van der Waals surface area contributed by atoms with Crippen molar-refractivity contribution < 1.29 is 14.7 Å². The van der Waals surface area contributed by atoms with Crippen LogP contribution in [0.5, 0.6) is 0 Å². The van der Waals surface area contributed by atoms with E-state index in [1.807, 2.05) is 6.92 Å². The van der Waals surface area contributed by atoms with Crippen molar-refractivity contribution >= 4 is 51.2 Å². The highest BCUT2D eigenvalue weighted by Gasteiger charge is 2.41. The lowest BCUT2D eigenvalue weighted by Crippen LogP contribution is -2.45. The summed E-state index contributed by atoms with van der Waals surface area (Å²) in [4.78, 5) is 25.6. The average Bonchev–Trinajstić information content (AvgIpc) is 2.81. The van der Waals surface area contributed by atoms with Gasteiger partial charge in [-0.2, -0.15) is 0 Å². The maximum Gasteiger partial charge on any atom is 0.327 e. The lowest BCUT2D eigenvalue weighted by molar-refractivity contribution is -0.141. The Morgan fingerprint density at radius 1 is 1.48 bits per heavy atom. The largest absolute Gasteiger partial charge is 0.480 e. The van der Waals surface area contributed by atoms with Crippen molar-refractivity contribution in [2.45, 2.75) is 31.2 Å². The SMILES string of the molecule is CCCC1SCC(C(=O)O)N1C(=O)c1cc(Cl)cc(Br)c1. The zero-order valence-corrected chi connectivity index (χ0v) is 14.5. The minimum Gasteiger partial charge on any atom is -0.480 e. The van der Waals surface area contributed by atoms with Crippen LogP contribution in [0.15, 0.2) is 22.7 Å². The quantitative estimate of drug-likeness (QED) is 0.845. The van der Waals surface area contributed by atoms with Crippen LogP contribution < -0.4 is 0 Å². The summed E-state index contributed by atoms with van der Waals surface area (Å²) in [5, 5.41) is 9.68. The Labute approximate surface area is 141 Å². The molecule has 1 aliphatic rings. The smallest absolute Gasteiger partial charge is 0.327 e. The molecule has 1 N–H and O–H groups in total. The third-order valence-electron chi connectivity index (χ3n) is 3.26. The summed E-state index contributed by atoms with van der Waals surface area (Å²) in [5.41, 5.74) is 0.407. The topological polar surface area (TPSA) is 57.6 Å². The van der Waals surface area contributed by atoms with Crippen LogP contribution in [0.25, 0.3) is 0 Å². The predicted molar refractivity (Wildman–Crippen MR) is 87.9 cm³/mol. The molecule has 4 nitrogen and oxygen atoms in total. The maximum atomic E-state index is 12.7. The first-order valence-corrected chi connectivity index (χ1v) is 8.79. The fourth-order valence-corrected chi connectivity index (χ4v) is 4.70. The highest BCUT2D eigenvalue weighted by molar-refractivity contribution is 9.10. The minimum absolute atomic E-state index is 0.0960. The van der Waals surface area contributed by atoms with Crippen LogP contribution in [0, 0.1) is 0 Å². The zero-order valence-electron chi connectivity index (χ0n) is 11.4. The lowest BCUT2D eigenvalue weighted by atomic mass is 10.1. The van der Waals surface area contributed by atoms with Gasteiger partial charge in [0.25, 0.3) is 5.91 Å².